The van der Waals surface area contributed by atoms with Gasteiger partial charge in [-0.2, -0.15) is 5.26 Å². The maximum atomic E-state index is 9.42. The van der Waals surface area contributed by atoms with Gasteiger partial charge in [-0.25, -0.2) is 9.97 Å². The molecule has 0 saturated carbocycles. The molecule has 11 rings (SSSR count). The van der Waals surface area contributed by atoms with Gasteiger partial charge in [-0.3, -0.25) is 0 Å². The molecule has 0 atom stereocenters. The summed E-state index contributed by atoms with van der Waals surface area (Å²) in [4.78, 5) is 10.3. The first-order valence-electron chi connectivity index (χ1n) is 17.5. The number of ether oxygens (including phenoxy) is 1. The monoisotopic (exact) mass is 661 g/mol. The van der Waals surface area contributed by atoms with E-state index in [0.29, 0.717) is 11.4 Å². The van der Waals surface area contributed by atoms with Crippen LogP contribution in [-0.2, 0) is 5.41 Å². The average molecular weight is 662 g/mol. The standard InChI is InChI=1S/C48H27N3O/c49-28-29-17-19-32(20-18-29)44-37-14-6-8-16-43(37)50-47(51-44)33-23-24-40-38(27-33)36-13-5-7-15-39(36)48(40)41-25-21-30-9-1-3-11-34(30)45(41)52-46-35-12-4-2-10-31(35)22-26-42(46)48/h1-27H. The van der Waals surface area contributed by atoms with Crippen LogP contribution in [-0.4, -0.2) is 9.97 Å². The highest BCUT2D eigenvalue weighted by molar-refractivity contribution is 6.00. The molecule has 0 amide bonds. The van der Waals surface area contributed by atoms with Crippen LogP contribution in [0.25, 0.3) is 66.2 Å². The van der Waals surface area contributed by atoms with Gasteiger partial charge in [-0.05, 0) is 57.3 Å². The number of hydrogen-bond donors (Lipinski definition) is 0. The van der Waals surface area contributed by atoms with Crippen molar-refractivity contribution in [2.24, 2.45) is 0 Å². The molecule has 0 saturated heterocycles. The summed E-state index contributed by atoms with van der Waals surface area (Å²) in [7, 11) is 0. The lowest BCUT2D eigenvalue weighted by Gasteiger charge is -2.40. The molecule has 0 bridgehead atoms. The first-order valence-corrected chi connectivity index (χ1v) is 17.5. The molecule has 1 aliphatic carbocycles. The first kappa shape index (κ1) is 28.7. The molecule has 0 radical (unpaired) electrons. The molecule has 2 heterocycles. The second-order valence-corrected chi connectivity index (χ2v) is 13.6. The number of nitriles is 1. The van der Waals surface area contributed by atoms with E-state index < -0.39 is 5.41 Å². The molecule has 240 valence electrons. The number of aromatic nitrogens is 2. The van der Waals surface area contributed by atoms with Gasteiger partial charge in [0, 0.05) is 38.4 Å². The fourth-order valence-electron chi connectivity index (χ4n) is 8.68. The minimum Gasteiger partial charge on any atom is -0.455 e. The lowest BCUT2D eigenvalue weighted by Crippen LogP contribution is -2.32. The van der Waals surface area contributed by atoms with Gasteiger partial charge in [-0.15, -0.1) is 0 Å². The Bertz CT molecular complexity index is 2930. The fourth-order valence-corrected chi connectivity index (χ4v) is 8.68. The van der Waals surface area contributed by atoms with Gasteiger partial charge >= 0.3 is 0 Å². The van der Waals surface area contributed by atoms with Crippen molar-refractivity contribution in [2.75, 3.05) is 0 Å². The summed E-state index contributed by atoms with van der Waals surface area (Å²) in [5.41, 5.74) is 10.7. The quantitative estimate of drug-likeness (QED) is 0.185. The zero-order valence-electron chi connectivity index (χ0n) is 27.8. The Morgan fingerprint density at radius 1 is 0.481 bits per heavy atom. The van der Waals surface area contributed by atoms with Gasteiger partial charge in [-0.1, -0.05) is 140 Å². The molecular formula is C48H27N3O. The maximum Gasteiger partial charge on any atom is 0.160 e. The van der Waals surface area contributed by atoms with Gasteiger partial charge < -0.3 is 4.74 Å². The van der Waals surface area contributed by atoms with Gasteiger partial charge in [0.1, 0.15) is 11.5 Å². The van der Waals surface area contributed by atoms with Crippen molar-refractivity contribution in [3.8, 4) is 51.3 Å². The number of fused-ring (bicyclic) bond motifs is 14. The normalized spacial score (nSPS) is 13.3. The van der Waals surface area contributed by atoms with E-state index in [1.54, 1.807) is 0 Å². The highest BCUT2D eigenvalue weighted by Gasteiger charge is 2.51. The minimum atomic E-state index is -0.612. The van der Waals surface area contributed by atoms with E-state index in [-0.39, 0.29) is 0 Å². The molecule has 0 fully saturated rings. The summed E-state index contributed by atoms with van der Waals surface area (Å²) < 4.78 is 7.09. The second-order valence-electron chi connectivity index (χ2n) is 13.6. The van der Waals surface area contributed by atoms with Gasteiger partial charge in [0.2, 0.25) is 0 Å². The zero-order chi connectivity index (χ0) is 34.4. The Labute approximate surface area is 299 Å². The van der Waals surface area contributed by atoms with E-state index in [4.69, 9.17) is 14.7 Å². The Kier molecular flexibility index (Phi) is 5.91. The van der Waals surface area contributed by atoms with E-state index in [1.165, 1.54) is 16.7 Å². The van der Waals surface area contributed by atoms with E-state index >= 15 is 0 Å². The van der Waals surface area contributed by atoms with Crippen molar-refractivity contribution in [2.45, 2.75) is 5.41 Å². The Morgan fingerprint density at radius 2 is 1.06 bits per heavy atom. The van der Waals surface area contributed by atoms with E-state index in [1.807, 2.05) is 42.5 Å². The minimum absolute atomic E-state index is 0.612. The van der Waals surface area contributed by atoms with Crippen molar-refractivity contribution in [3.63, 3.8) is 0 Å². The molecule has 9 aromatic rings. The molecule has 0 N–H and O–H groups in total. The van der Waals surface area contributed by atoms with E-state index in [2.05, 4.69) is 127 Å². The number of para-hydroxylation sites is 1. The van der Waals surface area contributed by atoms with Crippen LogP contribution in [0.1, 0.15) is 27.8 Å². The molecule has 4 heteroatoms. The van der Waals surface area contributed by atoms with Gasteiger partial charge in [0.15, 0.2) is 5.82 Å². The van der Waals surface area contributed by atoms with Crippen LogP contribution in [0.2, 0.25) is 0 Å². The summed E-state index contributed by atoms with van der Waals surface area (Å²) >= 11 is 0. The van der Waals surface area contributed by atoms with E-state index in [0.717, 1.165) is 77.5 Å². The smallest absolute Gasteiger partial charge is 0.160 e. The number of rotatable bonds is 2. The summed E-state index contributed by atoms with van der Waals surface area (Å²) in [6.07, 6.45) is 0. The second kappa shape index (κ2) is 10.7. The van der Waals surface area contributed by atoms with Crippen molar-refractivity contribution in [1.29, 1.82) is 5.26 Å². The first-order chi connectivity index (χ1) is 25.7. The Hall–Kier alpha value is -7.09. The highest BCUT2D eigenvalue weighted by Crippen LogP contribution is 2.64. The van der Waals surface area contributed by atoms with Crippen LogP contribution in [0, 0.1) is 11.3 Å². The molecule has 1 spiro atoms. The van der Waals surface area contributed by atoms with Crippen molar-refractivity contribution < 1.29 is 4.74 Å². The Balaban J connectivity index is 1.20. The third kappa shape index (κ3) is 3.85. The van der Waals surface area contributed by atoms with Crippen molar-refractivity contribution in [1.82, 2.24) is 9.97 Å². The lowest BCUT2D eigenvalue weighted by molar-refractivity contribution is 0.447. The summed E-state index contributed by atoms with van der Waals surface area (Å²) in [5, 5.41) is 14.9. The molecule has 0 unspecified atom stereocenters. The molecule has 8 aromatic carbocycles. The molecule has 1 aliphatic heterocycles. The van der Waals surface area contributed by atoms with Crippen molar-refractivity contribution >= 4 is 32.4 Å². The van der Waals surface area contributed by atoms with Crippen LogP contribution in [0.15, 0.2) is 164 Å². The lowest BCUT2D eigenvalue weighted by atomic mass is 9.65. The molecule has 4 nitrogen and oxygen atoms in total. The van der Waals surface area contributed by atoms with Crippen LogP contribution in [0.4, 0.5) is 0 Å². The SMILES string of the molecule is N#Cc1ccc(-c2nc(-c3ccc4c(c3)-c3ccccc3C43c4ccc5ccccc5c4Oc4c3ccc3ccccc43)nc3ccccc23)cc1. The predicted octanol–water partition coefficient (Wildman–Crippen LogP) is 11.6. The summed E-state index contributed by atoms with van der Waals surface area (Å²) in [6, 6.07) is 59.5. The van der Waals surface area contributed by atoms with Crippen LogP contribution in [0.5, 0.6) is 11.5 Å². The van der Waals surface area contributed by atoms with Crippen molar-refractivity contribution in [3.05, 3.63) is 192 Å². The molecular weight excluding hydrogens is 635 g/mol. The third-order valence-electron chi connectivity index (χ3n) is 11.0. The summed E-state index contributed by atoms with van der Waals surface area (Å²) in [5.74, 6) is 2.46. The van der Waals surface area contributed by atoms with E-state index in [9.17, 15) is 5.26 Å². The molecule has 1 aromatic heterocycles. The fraction of sp³-hybridized carbons (Fsp3) is 0.0208. The van der Waals surface area contributed by atoms with Crippen LogP contribution in [0.3, 0.4) is 0 Å². The largest absolute Gasteiger partial charge is 0.455 e. The Morgan fingerprint density at radius 3 is 1.77 bits per heavy atom. The number of nitrogens with zero attached hydrogens (tertiary/aromatic N) is 3. The maximum absolute atomic E-state index is 9.42. The molecule has 2 aliphatic rings. The van der Waals surface area contributed by atoms with Crippen LogP contribution >= 0.6 is 0 Å². The van der Waals surface area contributed by atoms with Gasteiger partial charge in [0.05, 0.1) is 28.3 Å². The van der Waals surface area contributed by atoms with Crippen LogP contribution < -0.4 is 4.74 Å². The zero-order valence-corrected chi connectivity index (χ0v) is 27.8. The number of benzene rings is 8. The topological polar surface area (TPSA) is 58.8 Å². The number of hydrogen-bond acceptors (Lipinski definition) is 4. The highest BCUT2D eigenvalue weighted by atomic mass is 16.5. The molecule has 52 heavy (non-hydrogen) atoms. The third-order valence-corrected chi connectivity index (χ3v) is 11.0. The summed E-state index contributed by atoms with van der Waals surface area (Å²) in [6.45, 7) is 0. The predicted molar refractivity (Wildman–Crippen MR) is 208 cm³/mol. The van der Waals surface area contributed by atoms with Gasteiger partial charge in [0.25, 0.3) is 0 Å². The average Bonchev–Trinajstić information content (AvgIpc) is 3.50.